The van der Waals surface area contributed by atoms with E-state index in [2.05, 4.69) is 19.9 Å². The summed E-state index contributed by atoms with van der Waals surface area (Å²) < 4.78 is 0. The van der Waals surface area contributed by atoms with Crippen molar-refractivity contribution < 1.29 is 4.79 Å². The lowest BCUT2D eigenvalue weighted by Gasteiger charge is -2.23. The number of benzene rings is 1. The summed E-state index contributed by atoms with van der Waals surface area (Å²) >= 11 is 0. The van der Waals surface area contributed by atoms with Crippen molar-refractivity contribution in [3.05, 3.63) is 34.4 Å². The largest absolute Gasteiger partial charge is 0.298 e. The highest BCUT2D eigenvalue weighted by Gasteiger charge is 2.17. The molecule has 1 aromatic rings. The Hall–Kier alpha value is -1.11. The third-order valence-electron chi connectivity index (χ3n) is 3.32. The second-order valence-electron chi connectivity index (χ2n) is 4.38. The summed E-state index contributed by atoms with van der Waals surface area (Å²) in [7, 11) is 0. The summed E-state index contributed by atoms with van der Waals surface area (Å²) in [6.07, 6.45) is 4.54. The molecule has 1 aromatic carbocycles. The number of carbonyl (C=O) groups excluding carboxylic acids is 1. The Kier molecular flexibility index (Phi) is 2.40. The molecule has 74 valence electrons. The highest BCUT2D eigenvalue weighted by atomic mass is 16.1. The first kappa shape index (κ1) is 9.45. The fraction of sp³-hybridized carbons (Fsp3) is 0.462. The summed E-state index contributed by atoms with van der Waals surface area (Å²) in [4.78, 5) is 10.8. The lowest BCUT2D eigenvalue weighted by molar-refractivity contribution is 0.112. The number of carbonyl (C=O) groups is 1. The average molecular weight is 188 g/mol. The maximum absolute atomic E-state index is 10.8. The molecule has 0 saturated heterocycles. The van der Waals surface area contributed by atoms with E-state index in [0.717, 1.165) is 24.2 Å². The Morgan fingerprint density at radius 3 is 2.93 bits per heavy atom. The van der Waals surface area contributed by atoms with Gasteiger partial charge in [0.25, 0.3) is 0 Å². The smallest absolute Gasteiger partial charge is 0.150 e. The molecule has 1 heteroatoms. The topological polar surface area (TPSA) is 17.1 Å². The molecule has 0 N–H and O–H groups in total. The van der Waals surface area contributed by atoms with Gasteiger partial charge in [0.2, 0.25) is 0 Å². The van der Waals surface area contributed by atoms with Gasteiger partial charge in [-0.1, -0.05) is 19.1 Å². The van der Waals surface area contributed by atoms with E-state index in [4.69, 9.17) is 0 Å². The maximum Gasteiger partial charge on any atom is 0.150 e. The normalized spacial score (nSPS) is 20.3. The molecule has 0 saturated carbocycles. The lowest BCUT2D eigenvalue weighted by Crippen LogP contribution is -2.13. The fourth-order valence-electron chi connectivity index (χ4n) is 2.37. The molecule has 0 radical (unpaired) electrons. The second kappa shape index (κ2) is 3.56. The van der Waals surface area contributed by atoms with E-state index >= 15 is 0 Å². The van der Waals surface area contributed by atoms with Crippen molar-refractivity contribution in [1.29, 1.82) is 0 Å². The van der Waals surface area contributed by atoms with Crippen molar-refractivity contribution in [2.45, 2.75) is 33.1 Å². The van der Waals surface area contributed by atoms with Gasteiger partial charge >= 0.3 is 0 Å². The van der Waals surface area contributed by atoms with E-state index in [0.29, 0.717) is 0 Å². The van der Waals surface area contributed by atoms with Crippen molar-refractivity contribution in [1.82, 2.24) is 0 Å². The molecule has 0 heterocycles. The van der Waals surface area contributed by atoms with Crippen LogP contribution in [0.4, 0.5) is 0 Å². The fourth-order valence-corrected chi connectivity index (χ4v) is 2.37. The third kappa shape index (κ3) is 1.47. The average Bonchev–Trinajstić information content (AvgIpc) is 2.18. The van der Waals surface area contributed by atoms with E-state index in [9.17, 15) is 4.79 Å². The Morgan fingerprint density at radius 1 is 1.43 bits per heavy atom. The monoisotopic (exact) mass is 188 g/mol. The van der Waals surface area contributed by atoms with Crippen molar-refractivity contribution in [2.75, 3.05) is 0 Å². The molecule has 2 rings (SSSR count). The van der Waals surface area contributed by atoms with Crippen molar-refractivity contribution in [3.8, 4) is 0 Å². The molecule has 0 spiro atoms. The van der Waals surface area contributed by atoms with Crippen LogP contribution in [0.15, 0.2) is 12.1 Å². The van der Waals surface area contributed by atoms with Gasteiger partial charge in [0.05, 0.1) is 0 Å². The van der Waals surface area contributed by atoms with E-state index in [-0.39, 0.29) is 0 Å². The van der Waals surface area contributed by atoms with Crippen molar-refractivity contribution >= 4 is 6.29 Å². The summed E-state index contributed by atoms with van der Waals surface area (Å²) in [6.45, 7) is 4.37. The maximum atomic E-state index is 10.8. The molecular formula is C13H16O. The van der Waals surface area contributed by atoms with Crippen molar-refractivity contribution in [3.63, 3.8) is 0 Å². The SMILES string of the molecule is Cc1c(C=O)ccc2c1CCC(C)C2. The molecule has 1 nitrogen and oxygen atoms in total. The van der Waals surface area contributed by atoms with Crippen LogP contribution in [0, 0.1) is 12.8 Å². The van der Waals surface area contributed by atoms with Gasteiger partial charge in [0.1, 0.15) is 6.29 Å². The summed E-state index contributed by atoms with van der Waals surface area (Å²) in [5.41, 5.74) is 4.93. The zero-order valence-corrected chi connectivity index (χ0v) is 8.84. The highest BCUT2D eigenvalue weighted by molar-refractivity contribution is 5.78. The minimum absolute atomic E-state index is 0.795. The Bertz CT molecular complexity index is 366. The number of hydrogen-bond acceptors (Lipinski definition) is 1. The van der Waals surface area contributed by atoms with Crippen LogP contribution >= 0.6 is 0 Å². The quantitative estimate of drug-likeness (QED) is 0.619. The second-order valence-corrected chi connectivity index (χ2v) is 4.38. The van der Waals surface area contributed by atoms with Gasteiger partial charge in [-0.05, 0) is 48.8 Å². The van der Waals surface area contributed by atoms with Gasteiger partial charge in [0.15, 0.2) is 0 Å². The van der Waals surface area contributed by atoms with E-state index in [1.54, 1.807) is 0 Å². The van der Waals surface area contributed by atoms with Crippen LogP contribution in [0.1, 0.15) is 40.4 Å². The lowest BCUT2D eigenvalue weighted by atomic mass is 9.82. The van der Waals surface area contributed by atoms with Crippen LogP contribution in [0.25, 0.3) is 0 Å². The number of hydrogen-bond donors (Lipinski definition) is 0. The van der Waals surface area contributed by atoms with Crippen LogP contribution in [-0.4, -0.2) is 6.29 Å². The van der Waals surface area contributed by atoms with Crippen LogP contribution in [0.3, 0.4) is 0 Å². The molecule has 1 aliphatic rings. The summed E-state index contributed by atoms with van der Waals surface area (Å²) in [5.74, 6) is 0.795. The molecule has 0 aromatic heterocycles. The van der Waals surface area contributed by atoms with Crippen LogP contribution in [-0.2, 0) is 12.8 Å². The van der Waals surface area contributed by atoms with Crippen LogP contribution in [0.2, 0.25) is 0 Å². The van der Waals surface area contributed by atoms with Crippen molar-refractivity contribution in [2.24, 2.45) is 5.92 Å². The molecule has 14 heavy (non-hydrogen) atoms. The Balaban J connectivity index is 2.48. The first-order chi connectivity index (χ1) is 6.72. The third-order valence-corrected chi connectivity index (χ3v) is 3.32. The minimum atomic E-state index is 0.795. The van der Waals surface area contributed by atoms with Gasteiger partial charge in [-0.25, -0.2) is 0 Å². The molecule has 1 unspecified atom stereocenters. The van der Waals surface area contributed by atoms with Crippen LogP contribution in [0.5, 0.6) is 0 Å². The zero-order valence-electron chi connectivity index (χ0n) is 8.84. The first-order valence-electron chi connectivity index (χ1n) is 5.29. The van der Waals surface area contributed by atoms with Gasteiger partial charge in [-0.2, -0.15) is 0 Å². The van der Waals surface area contributed by atoms with E-state index < -0.39 is 0 Å². The minimum Gasteiger partial charge on any atom is -0.298 e. The molecule has 1 atom stereocenters. The molecule has 0 bridgehead atoms. The predicted octanol–water partition coefficient (Wildman–Crippen LogP) is 2.93. The number of fused-ring (bicyclic) bond motifs is 1. The van der Waals surface area contributed by atoms with E-state index in [1.807, 2.05) is 6.07 Å². The van der Waals surface area contributed by atoms with Gasteiger partial charge in [-0.3, -0.25) is 4.79 Å². The first-order valence-corrected chi connectivity index (χ1v) is 5.29. The number of aldehydes is 1. The molecular weight excluding hydrogens is 172 g/mol. The van der Waals surface area contributed by atoms with Crippen LogP contribution < -0.4 is 0 Å². The van der Waals surface area contributed by atoms with Gasteiger partial charge in [-0.15, -0.1) is 0 Å². The standard InChI is InChI=1S/C13H16O/c1-9-3-6-13-10(2)12(8-14)5-4-11(13)7-9/h4-5,8-9H,3,6-7H2,1-2H3. The van der Waals surface area contributed by atoms with Gasteiger partial charge < -0.3 is 0 Å². The molecule has 1 aliphatic carbocycles. The molecule has 0 fully saturated rings. The Labute approximate surface area is 85.1 Å². The van der Waals surface area contributed by atoms with E-state index in [1.165, 1.54) is 29.5 Å². The number of rotatable bonds is 1. The predicted molar refractivity (Wildman–Crippen MR) is 57.8 cm³/mol. The van der Waals surface area contributed by atoms with Gasteiger partial charge in [0, 0.05) is 5.56 Å². The zero-order chi connectivity index (χ0) is 10.1. The molecule has 0 amide bonds. The molecule has 0 aliphatic heterocycles. The highest BCUT2D eigenvalue weighted by Crippen LogP contribution is 2.28. The summed E-state index contributed by atoms with van der Waals surface area (Å²) in [5, 5.41) is 0. The Morgan fingerprint density at radius 2 is 2.21 bits per heavy atom. The summed E-state index contributed by atoms with van der Waals surface area (Å²) in [6, 6.07) is 4.08.